The zero-order valence-electron chi connectivity index (χ0n) is 15.6. The van der Waals surface area contributed by atoms with Crippen LogP contribution in [-0.2, 0) is 17.8 Å². The first-order chi connectivity index (χ1) is 12.9. The van der Waals surface area contributed by atoms with Crippen molar-refractivity contribution in [2.75, 3.05) is 19.6 Å². The largest absolute Gasteiger partial charge is 0.342 e. The van der Waals surface area contributed by atoms with Crippen molar-refractivity contribution in [3.8, 4) is 0 Å². The van der Waals surface area contributed by atoms with Crippen molar-refractivity contribution in [3.63, 3.8) is 0 Å². The minimum absolute atomic E-state index is 0.143. The van der Waals surface area contributed by atoms with Gasteiger partial charge in [0, 0.05) is 55.7 Å². The smallest absolute Gasteiger partial charge is 0.274 e. The Labute approximate surface area is 158 Å². The van der Waals surface area contributed by atoms with Gasteiger partial charge in [-0.1, -0.05) is 0 Å². The number of rotatable bonds is 2. The molecule has 3 aliphatic rings. The van der Waals surface area contributed by atoms with Crippen LogP contribution in [0.15, 0.2) is 12.1 Å². The van der Waals surface area contributed by atoms with Crippen LogP contribution in [0.4, 0.5) is 4.39 Å². The molecule has 1 saturated heterocycles. The molecule has 2 amide bonds. The number of carbonyl (C=O) groups excluding carboxylic acids is 2. The molecule has 6 nitrogen and oxygen atoms in total. The lowest BCUT2D eigenvalue weighted by molar-refractivity contribution is -0.139. The van der Waals surface area contributed by atoms with Gasteiger partial charge in [0.25, 0.3) is 5.91 Å². The molecule has 1 unspecified atom stereocenters. The van der Waals surface area contributed by atoms with E-state index in [2.05, 4.69) is 4.90 Å². The molecule has 2 N–H and O–H groups in total. The van der Waals surface area contributed by atoms with E-state index in [1.54, 1.807) is 18.5 Å². The number of halogens is 1. The summed E-state index contributed by atoms with van der Waals surface area (Å²) in [7, 11) is 0. The summed E-state index contributed by atoms with van der Waals surface area (Å²) in [5.74, 6) is -0.939. The molecule has 146 valence electrons. The Morgan fingerprint density at radius 3 is 2.78 bits per heavy atom. The Morgan fingerprint density at radius 1 is 1.30 bits per heavy atom. The summed E-state index contributed by atoms with van der Waals surface area (Å²) >= 11 is 0. The average molecular weight is 375 g/mol. The number of hydrogen-bond donors (Lipinski definition) is 2. The molecule has 1 aromatic carbocycles. The van der Waals surface area contributed by atoms with Gasteiger partial charge in [0.2, 0.25) is 5.91 Å². The monoisotopic (exact) mass is 375 g/mol. The highest BCUT2D eigenvalue weighted by atomic mass is 19.1. The molecule has 2 aliphatic heterocycles. The number of hydroxylamine groups is 1. The normalized spacial score (nSPS) is 27.8. The third-order valence-corrected chi connectivity index (χ3v) is 6.80. The van der Waals surface area contributed by atoms with Crippen LogP contribution in [0.5, 0.6) is 0 Å². The van der Waals surface area contributed by atoms with Crippen LogP contribution in [0.25, 0.3) is 0 Å². The molecule has 27 heavy (non-hydrogen) atoms. The quantitative estimate of drug-likeness (QED) is 0.613. The first-order valence-corrected chi connectivity index (χ1v) is 9.69. The van der Waals surface area contributed by atoms with Crippen LogP contribution < -0.4 is 5.48 Å². The molecule has 7 heteroatoms. The number of fused-ring (bicyclic) bond motifs is 1. The molecule has 0 bridgehead atoms. The van der Waals surface area contributed by atoms with Crippen LogP contribution in [0.3, 0.4) is 0 Å². The minimum atomic E-state index is -0.691. The molecular weight excluding hydrogens is 349 g/mol. The maximum absolute atomic E-state index is 14.6. The molecule has 2 atom stereocenters. The average Bonchev–Trinajstić information content (AvgIpc) is 2.66. The molecule has 1 spiro atoms. The summed E-state index contributed by atoms with van der Waals surface area (Å²) in [6.07, 6.45) is 5.07. The Balaban J connectivity index is 1.53. The summed E-state index contributed by atoms with van der Waals surface area (Å²) in [6, 6.07) is 3.26. The second-order valence-electron chi connectivity index (χ2n) is 8.22. The molecule has 0 radical (unpaired) electrons. The Hall–Kier alpha value is -1.99. The number of likely N-dealkylation sites (tertiary alicyclic amines) is 1. The number of carbonyl (C=O) groups is 2. The fourth-order valence-electron chi connectivity index (χ4n) is 5.26. The maximum atomic E-state index is 14.6. The summed E-state index contributed by atoms with van der Waals surface area (Å²) in [5.41, 5.74) is 3.35. The van der Waals surface area contributed by atoms with Crippen LogP contribution in [0, 0.1) is 11.2 Å². The molecule has 2 heterocycles. The lowest BCUT2D eigenvalue weighted by atomic mass is 9.59. The fraction of sp³-hybridized carbons (Fsp3) is 0.600. The predicted octanol–water partition coefficient (Wildman–Crippen LogP) is 2.09. The Bertz CT molecular complexity index is 784. The Kier molecular flexibility index (Phi) is 4.68. The van der Waals surface area contributed by atoms with E-state index in [0.29, 0.717) is 24.6 Å². The van der Waals surface area contributed by atoms with Crippen LogP contribution in [-0.4, -0.2) is 52.5 Å². The van der Waals surface area contributed by atoms with Crippen molar-refractivity contribution in [2.45, 2.75) is 51.6 Å². The predicted molar refractivity (Wildman–Crippen MR) is 96.7 cm³/mol. The third-order valence-electron chi connectivity index (χ3n) is 6.80. The van der Waals surface area contributed by atoms with Crippen LogP contribution >= 0.6 is 0 Å². The van der Waals surface area contributed by atoms with E-state index in [1.807, 2.05) is 4.90 Å². The third kappa shape index (κ3) is 3.12. The van der Waals surface area contributed by atoms with Gasteiger partial charge < -0.3 is 4.90 Å². The zero-order valence-corrected chi connectivity index (χ0v) is 15.6. The highest BCUT2D eigenvalue weighted by Gasteiger charge is 2.52. The molecule has 1 saturated carbocycles. The topological polar surface area (TPSA) is 72.9 Å². The van der Waals surface area contributed by atoms with Gasteiger partial charge in [-0.25, -0.2) is 9.87 Å². The van der Waals surface area contributed by atoms with E-state index in [1.165, 1.54) is 6.07 Å². The molecular formula is C20H26FN3O3. The standard InChI is InChI=1S/C20H26FN3O3/c1-13(25)24-7-2-5-20(12-24)6-3-18(20)23-8-4-14-9-15(19(26)22-27)10-17(21)16(14)11-23/h9-10,18,27H,2-8,11-12H2,1H3,(H,22,26)/t18?,20-/m0/s1. The van der Waals surface area contributed by atoms with Crippen molar-refractivity contribution < 1.29 is 19.2 Å². The van der Waals surface area contributed by atoms with Crippen molar-refractivity contribution in [3.05, 3.63) is 34.6 Å². The van der Waals surface area contributed by atoms with Crippen molar-refractivity contribution >= 4 is 11.8 Å². The number of nitrogens with zero attached hydrogens (tertiary/aromatic N) is 2. The van der Waals surface area contributed by atoms with Gasteiger partial charge in [-0.2, -0.15) is 0 Å². The molecule has 4 rings (SSSR count). The number of piperidine rings is 1. The number of nitrogens with one attached hydrogen (secondary N) is 1. The molecule has 0 aromatic heterocycles. The van der Waals surface area contributed by atoms with E-state index in [4.69, 9.17) is 5.21 Å². The SMILES string of the molecule is CC(=O)N1CCC[C@]2(CCC2N2CCc3cc(C(=O)NO)cc(F)c3C2)C1. The van der Waals surface area contributed by atoms with Gasteiger partial charge in [0.15, 0.2) is 0 Å². The van der Waals surface area contributed by atoms with Crippen molar-refractivity contribution in [2.24, 2.45) is 5.41 Å². The number of amides is 2. The van der Waals surface area contributed by atoms with Crippen LogP contribution in [0.1, 0.15) is 54.1 Å². The van der Waals surface area contributed by atoms with E-state index in [9.17, 15) is 14.0 Å². The highest BCUT2D eigenvalue weighted by molar-refractivity contribution is 5.93. The number of benzene rings is 1. The summed E-state index contributed by atoms with van der Waals surface area (Å²) in [6.45, 7) is 4.66. The van der Waals surface area contributed by atoms with E-state index >= 15 is 0 Å². The van der Waals surface area contributed by atoms with Gasteiger partial charge >= 0.3 is 0 Å². The lowest BCUT2D eigenvalue weighted by Gasteiger charge is -2.58. The maximum Gasteiger partial charge on any atom is 0.274 e. The van der Waals surface area contributed by atoms with Gasteiger partial charge in [0.1, 0.15) is 5.82 Å². The van der Waals surface area contributed by atoms with Gasteiger partial charge in [-0.15, -0.1) is 0 Å². The van der Waals surface area contributed by atoms with E-state index in [-0.39, 0.29) is 16.9 Å². The first-order valence-electron chi connectivity index (χ1n) is 9.69. The van der Waals surface area contributed by atoms with Crippen molar-refractivity contribution in [1.82, 2.24) is 15.3 Å². The summed E-state index contributed by atoms with van der Waals surface area (Å²) in [4.78, 5) is 27.8. The van der Waals surface area contributed by atoms with Gasteiger partial charge in [0.05, 0.1) is 0 Å². The van der Waals surface area contributed by atoms with E-state index < -0.39 is 11.7 Å². The second kappa shape index (κ2) is 6.87. The number of hydrogen-bond acceptors (Lipinski definition) is 4. The van der Waals surface area contributed by atoms with Crippen LogP contribution in [0.2, 0.25) is 0 Å². The summed E-state index contributed by atoms with van der Waals surface area (Å²) < 4.78 is 14.6. The minimum Gasteiger partial charge on any atom is -0.342 e. The van der Waals surface area contributed by atoms with Gasteiger partial charge in [-0.05, 0) is 49.8 Å². The fourth-order valence-corrected chi connectivity index (χ4v) is 5.26. The Morgan fingerprint density at radius 2 is 2.11 bits per heavy atom. The molecule has 1 aliphatic carbocycles. The highest BCUT2D eigenvalue weighted by Crippen LogP contribution is 2.51. The molecule has 2 fully saturated rings. The lowest BCUT2D eigenvalue weighted by Crippen LogP contribution is -2.62. The van der Waals surface area contributed by atoms with Gasteiger partial charge in [-0.3, -0.25) is 19.7 Å². The zero-order chi connectivity index (χ0) is 19.2. The first kappa shape index (κ1) is 18.4. The van der Waals surface area contributed by atoms with Crippen molar-refractivity contribution in [1.29, 1.82) is 0 Å². The summed E-state index contributed by atoms with van der Waals surface area (Å²) in [5, 5.41) is 8.78. The van der Waals surface area contributed by atoms with E-state index in [0.717, 1.165) is 50.9 Å². The molecule has 1 aromatic rings. The second-order valence-corrected chi connectivity index (χ2v) is 8.22.